The summed E-state index contributed by atoms with van der Waals surface area (Å²) >= 11 is 0. The van der Waals surface area contributed by atoms with E-state index in [4.69, 9.17) is 9.47 Å². The van der Waals surface area contributed by atoms with Gasteiger partial charge in [0, 0.05) is 0 Å². The average Bonchev–Trinajstić information content (AvgIpc) is 2.42. The first-order valence-electron chi connectivity index (χ1n) is 7.01. The van der Waals surface area contributed by atoms with E-state index < -0.39 is 0 Å². The van der Waals surface area contributed by atoms with Crippen LogP contribution in [0.15, 0.2) is 18.2 Å². The molecule has 0 aromatic heterocycles. The van der Waals surface area contributed by atoms with Crippen LogP contribution in [0.25, 0.3) is 0 Å². The molecule has 0 saturated heterocycles. The molecule has 19 heavy (non-hydrogen) atoms. The van der Waals surface area contributed by atoms with Gasteiger partial charge in [-0.05, 0) is 49.0 Å². The summed E-state index contributed by atoms with van der Waals surface area (Å²) in [6, 6.07) is 6.17. The number of ether oxygens (including phenoxy) is 2. The quantitative estimate of drug-likeness (QED) is 0.730. The van der Waals surface area contributed by atoms with Gasteiger partial charge in [-0.25, -0.2) is 0 Å². The Balaban J connectivity index is 2.54. The number of benzene rings is 1. The average molecular weight is 265 g/mol. The van der Waals surface area contributed by atoms with Crippen LogP contribution in [0.1, 0.15) is 38.7 Å². The molecule has 0 aliphatic rings. The summed E-state index contributed by atoms with van der Waals surface area (Å²) in [4.78, 5) is 0. The fraction of sp³-hybridized carbons (Fsp3) is 0.625. The maximum absolute atomic E-state index is 5.34. The van der Waals surface area contributed by atoms with Crippen LogP contribution in [0.5, 0.6) is 11.5 Å². The lowest BCUT2D eigenvalue weighted by Crippen LogP contribution is -2.21. The molecular formula is C16H27NO2. The highest BCUT2D eigenvalue weighted by molar-refractivity contribution is 5.43. The third-order valence-electron chi connectivity index (χ3n) is 3.28. The van der Waals surface area contributed by atoms with Crippen LogP contribution in [0, 0.1) is 5.92 Å². The Kier molecular flexibility index (Phi) is 6.71. The van der Waals surface area contributed by atoms with Crippen molar-refractivity contribution in [2.24, 2.45) is 5.92 Å². The summed E-state index contributed by atoms with van der Waals surface area (Å²) < 4.78 is 10.6. The van der Waals surface area contributed by atoms with Gasteiger partial charge in [0.2, 0.25) is 0 Å². The zero-order valence-corrected chi connectivity index (χ0v) is 12.8. The summed E-state index contributed by atoms with van der Waals surface area (Å²) in [5.41, 5.74) is 1.30. The predicted molar refractivity (Wildman–Crippen MR) is 80.3 cm³/mol. The molecule has 0 aliphatic heterocycles. The van der Waals surface area contributed by atoms with Gasteiger partial charge in [0.05, 0.1) is 14.2 Å². The third-order valence-corrected chi connectivity index (χ3v) is 3.28. The normalized spacial score (nSPS) is 12.5. The van der Waals surface area contributed by atoms with E-state index in [0.29, 0.717) is 11.8 Å². The number of hydrogen-bond donors (Lipinski definition) is 1. The molecule has 1 aromatic carbocycles. The predicted octanol–water partition coefficient (Wildman–Crippen LogP) is 3.44. The minimum Gasteiger partial charge on any atom is -0.493 e. The number of nitrogens with one attached hydrogen (secondary N) is 1. The second-order valence-corrected chi connectivity index (χ2v) is 5.40. The standard InChI is InChI=1S/C16H27NO2/c1-12(2)11-17-9-8-13(3)14-6-7-15(18-4)16(10-14)19-5/h6-7,10,12-13,17H,8-9,11H2,1-5H3. The summed E-state index contributed by atoms with van der Waals surface area (Å²) in [5.74, 6) is 2.81. The van der Waals surface area contributed by atoms with Gasteiger partial charge in [-0.3, -0.25) is 0 Å². The van der Waals surface area contributed by atoms with Gasteiger partial charge >= 0.3 is 0 Å². The zero-order chi connectivity index (χ0) is 14.3. The molecule has 0 aliphatic carbocycles. The minimum atomic E-state index is 0.513. The fourth-order valence-electron chi connectivity index (χ4n) is 2.04. The van der Waals surface area contributed by atoms with Gasteiger partial charge in [-0.1, -0.05) is 26.8 Å². The molecule has 3 heteroatoms. The highest BCUT2D eigenvalue weighted by atomic mass is 16.5. The Morgan fingerprint density at radius 1 is 1.05 bits per heavy atom. The summed E-state index contributed by atoms with van der Waals surface area (Å²) in [5, 5.41) is 3.48. The van der Waals surface area contributed by atoms with E-state index in [2.05, 4.69) is 38.2 Å². The number of hydrogen-bond acceptors (Lipinski definition) is 3. The summed E-state index contributed by atoms with van der Waals surface area (Å²) in [6.45, 7) is 8.83. The summed E-state index contributed by atoms with van der Waals surface area (Å²) in [7, 11) is 3.34. The smallest absolute Gasteiger partial charge is 0.160 e. The van der Waals surface area contributed by atoms with Crippen LogP contribution in [-0.2, 0) is 0 Å². The molecule has 0 fully saturated rings. The number of methoxy groups -OCH3 is 2. The van der Waals surface area contributed by atoms with Crippen molar-refractivity contribution in [3.63, 3.8) is 0 Å². The monoisotopic (exact) mass is 265 g/mol. The molecule has 0 amide bonds. The van der Waals surface area contributed by atoms with Crippen molar-refractivity contribution in [2.45, 2.75) is 33.1 Å². The van der Waals surface area contributed by atoms with Gasteiger partial charge in [-0.15, -0.1) is 0 Å². The van der Waals surface area contributed by atoms with E-state index in [0.717, 1.165) is 31.0 Å². The molecule has 1 aromatic rings. The van der Waals surface area contributed by atoms with E-state index in [1.165, 1.54) is 5.56 Å². The van der Waals surface area contributed by atoms with Crippen molar-refractivity contribution in [3.05, 3.63) is 23.8 Å². The largest absolute Gasteiger partial charge is 0.493 e. The Hall–Kier alpha value is -1.22. The Morgan fingerprint density at radius 3 is 2.32 bits per heavy atom. The van der Waals surface area contributed by atoms with Crippen molar-refractivity contribution in [3.8, 4) is 11.5 Å². The minimum absolute atomic E-state index is 0.513. The van der Waals surface area contributed by atoms with Crippen molar-refractivity contribution in [1.29, 1.82) is 0 Å². The lowest BCUT2D eigenvalue weighted by molar-refractivity contribution is 0.354. The van der Waals surface area contributed by atoms with Gasteiger partial charge < -0.3 is 14.8 Å². The first kappa shape index (κ1) is 15.8. The van der Waals surface area contributed by atoms with E-state index in [1.54, 1.807) is 14.2 Å². The van der Waals surface area contributed by atoms with Gasteiger partial charge in [0.15, 0.2) is 11.5 Å². The van der Waals surface area contributed by atoms with Crippen molar-refractivity contribution in [2.75, 3.05) is 27.3 Å². The fourth-order valence-corrected chi connectivity index (χ4v) is 2.04. The van der Waals surface area contributed by atoms with Crippen molar-refractivity contribution in [1.82, 2.24) is 5.32 Å². The van der Waals surface area contributed by atoms with Crippen LogP contribution in [0.4, 0.5) is 0 Å². The molecule has 108 valence electrons. The van der Waals surface area contributed by atoms with E-state index >= 15 is 0 Å². The van der Waals surface area contributed by atoms with E-state index in [1.807, 2.05) is 6.07 Å². The molecule has 3 nitrogen and oxygen atoms in total. The second kappa shape index (κ2) is 8.05. The molecule has 1 unspecified atom stereocenters. The maximum Gasteiger partial charge on any atom is 0.160 e. The topological polar surface area (TPSA) is 30.5 Å². The van der Waals surface area contributed by atoms with E-state index in [9.17, 15) is 0 Å². The number of rotatable bonds is 8. The Labute approximate surface area is 117 Å². The van der Waals surface area contributed by atoms with Gasteiger partial charge in [0.1, 0.15) is 0 Å². The van der Waals surface area contributed by atoms with Gasteiger partial charge in [-0.2, -0.15) is 0 Å². The zero-order valence-electron chi connectivity index (χ0n) is 12.8. The van der Waals surface area contributed by atoms with Crippen LogP contribution < -0.4 is 14.8 Å². The molecule has 1 N–H and O–H groups in total. The highest BCUT2D eigenvalue weighted by Crippen LogP contribution is 2.31. The summed E-state index contributed by atoms with van der Waals surface area (Å²) in [6.07, 6.45) is 1.13. The molecular weight excluding hydrogens is 238 g/mol. The molecule has 0 saturated carbocycles. The second-order valence-electron chi connectivity index (χ2n) is 5.40. The molecule has 0 heterocycles. The lowest BCUT2D eigenvalue weighted by atomic mass is 9.97. The highest BCUT2D eigenvalue weighted by Gasteiger charge is 2.10. The van der Waals surface area contributed by atoms with Gasteiger partial charge in [0.25, 0.3) is 0 Å². The van der Waals surface area contributed by atoms with Crippen LogP contribution in [-0.4, -0.2) is 27.3 Å². The van der Waals surface area contributed by atoms with Crippen LogP contribution in [0.3, 0.4) is 0 Å². The SMILES string of the molecule is COc1ccc(C(C)CCNCC(C)C)cc1OC. The van der Waals surface area contributed by atoms with Crippen molar-refractivity contribution < 1.29 is 9.47 Å². The molecule has 1 atom stereocenters. The molecule has 0 spiro atoms. The molecule has 0 bridgehead atoms. The third kappa shape index (κ3) is 5.11. The Bertz CT molecular complexity index is 377. The van der Waals surface area contributed by atoms with E-state index in [-0.39, 0.29) is 0 Å². The first-order chi connectivity index (χ1) is 9.08. The van der Waals surface area contributed by atoms with Crippen molar-refractivity contribution >= 4 is 0 Å². The Morgan fingerprint density at radius 2 is 1.74 bits per heavy atom. The maximum atomic E-state index is 5.34. The first-order valence-corrected chi connectivity index (χ1v) is 7.01. The van der Waals surface area contributed by atoms with Crippen LogP contribution in [0.2, 0.25) is 0 Å². The van der Waals surface area contributed by atoms with Crippen LogP contribution >= 0.6 is 0 Å². The lowest BCUT2D eigenvalue weighted by Gasteiger charge is -2.15. The molecule has 0 radical (unpaired) electrons. The molecule has 1 rings (SSSR count).